The van der Waals surface area contributed by atoms with Crippen LogP contribution in [0.4, 0.5) is 31.1 Å². The topological polar surface area (TPSA) is 54.5 Å². The summed E-state index contributed by atoms with van der Waals surface area (Å²) in [7, 11) is 1.23. The first-order chi connectivity index (χ1) is 18.3. The molecule has 0 saturated heterocycles. The van der Waals surface area contributed by atoms with Crippen LogP contribution in [0.15, 0.2) is 60.8 Å². The third-order valence-corrected chi connectivity index (χ3v) is 6.27. The molecule has 0 saturated carbocycles. The average molecular weight is 550 g/mol. The van der Waals surface area contributed by atoms with E-state index in [2.05, 4.69) is 10.3 Å². The summed E-state index contributed by atoms with van der Waals surface area (Å²) in [5.41, 5.74) is 0.762. The first-order valence-corrected chi connectivity index (χ1v) is 12.0. The number of carbonyl (C=O) groups excluding carboxylic acids is 1. The highest BCUT2D eigenvalue weighted by atomic mass is 19.4. The number of rotatable bonds is 5. The molecule has 0 bridgehead atoms. The van der Waals surface area contributed by atoms with Crippen molar-refractivity contribution in [2.45, 2.75) is 32.2 Å². The molecular formula is C28H25F6N3O2. The van der Waals surface area contributed by atoms with Crippen molar-refractivity contribution in [3.8, 4) is 16.9 Å². The molecule has 0 radical (unpaired) electrons. The van der Waals surface area contributed by atoms with Crippen LogP contribution in [0.25, 0.3) is 16.7 Å². The van der Waals surface area contributed by atoms with Crippen molar-refractivity contribution in [3.63, 3.8) is 0 Å². The molecule has 1 aromatic heterocycles. The predicted molar refractivity (Wildman–Crippen MR) is 134 cm³/mol. The maximum absolute atomic E-state index is 13.2. The molecule has 3 aromatic rings. The predicted octanol–water partition coefficient (Wildman–Crippen LogP) is 7.10. The van der Waals surface area contributed by atoms with E-state index in [0.717, 1.165) is 34.6 Å². The summed E-state index contributed by atoms with van der Waals surface area (Å²) < 4.78 is 85.0. The van der Waals surface area contributed by atoms with Crippen molar-refractivity contribution in [2.24, 2.45) is 0 Å². The molecule has 1 aliphatic rings. The lowest BCUT2D eigenvalue weighted by molar-refractivity contribution is -0.143. The molecule has 0 fully saturated rings. The molecule has 39 heavy (non-hydrogen) atoms. The van der Waals surface area contributed by atoms with Gasteiger partial charge >= 0.3 is 18.4 Å². The summed E-state index contributed by atoms with van der Waals surface area (Å²) in [4.78, 5) is 18.3. The summed E-state index contributed by atoms with van der Waals surface area (Å²) >= 11 is 0. The van der Waals surface area contributed by atoms with Gasteiger partial charge in [-0.15, -0.1) is 0 Å². The maximum atomic E-state index is 13.2. The molecule has 1 aliphatic heterocycles. The summed E-state index contributed by atoms with van der Waals surface area (Å²) in [5, 5.41) is 3.23. The van der Waals surface area contributed by atoms with E-state index in [0.29, 0.717) is 29.9 Å². The molecular weight excluding hydrogens is 524 g/mol. The van der Waals surface area contributed by atoms with Gasteiger partial charge in [0.15, 0.2) is 5.75 Å². The van der Waals surface area contributed by atoms with Crippen molar-refractivity contribution in [3.05, 3.63) is 88.8 Å². The van der Waals surface area contributed by atoms with Crippen LogP contribution in [0.2, 0.25) is 0 Å². The van der Waals surface area contributed by atoms with Gasteiger partial charge in [0, 0.05) is 25.7 Å². The first-order valence-electron chi connectivity index (χ1n) is 12.0. The minimum absolute atomic E-state index is 0.0430. The molecule has 2 heterocycles. The number of hydrogen-bond donors (Lipinski definition) is 1. The van der Waals surface area contributed by atoms with Gasteiger partial charge in [-0.2, -0.15) is 26.3 Å². The summed E-state index contributed by atoms with van der Waals surface area (Å²) in [6.07, 6.45) is -6.76. The summed E-state index contributed by atoms with van der Waals surface area (Å²) in [6.45, 7) is 2.84. The van der Waals surface area contributed by atoms with E-state index in [1.807, 2.05) is 43.3 Å². The van der Waals surface area contributed by atoms with Gasteiger partial charge in [0.1, 0.15) is 0 Å². The van der Waals surface area contributed by atoms with Gasteiger partial charge in [0.2, 0.25) is 0 Å². The van der Waals surface area contributed by atoms with Gasteiger partial charge in [-0.1, -0.05) is 30.3 Å². The highest BCUT2D eigenvalue weighted by molar-refractivity contribution is 5.80. The van der Waals surface area contributed by atoms with E-state index in [-0.39, 0.29) is 17.4 Å². The molecule has 4 rings (SSSR count). The molecule has 0 atom stereocenters. The smallest absolute Gasteiger partial charge is 0.408 e. The largest absolute Gasteiger partial charge is 0.416 e. The average Bonchev–Trinajstić information content (AvgIpc) is 2.88. The Kier molecular flexibility index (Phi) is 8.01. The fraction of sp³-hybridized carbons (Fsp3) is 0.286. The number of hydrogen-bond acceptors (Lipinski definition) is 4. The van der Waals surface area contributed by atoms with Crippen LogP contribution < -0.4 is 10.1 Å². The van der Waals surface area contributed by atoms with E-state index in [9.17, 15) is 31.1 Å². The van der Waals surface area contributed by atoms with Crippen molar-refractivity contribution >= 4 is 11.7 Å². The van der Waals surface area contributed by atoms with Crippen molar-refractivity contribution in [1.29, 1.82) is 0 Å². The van der Waals surface area contributed by atoms with E-state index in [4.69, 9.17) is 4.74 Å². The number of ether oxygens (including phenoxy) is 1. The molecule has 0 unspecified atom stereocenters. The first kappa shape index (κ1) is 28.2. The van der Waals surface area contributed by atoms with E-state index >= 15 is 0 Å². The molecule has 1 amide bonds. The number of halogens is 6. The molecule has 0 aliphatic carbocycles. The Morgan fingerprint density at radius 2 is 1.67 bits per heavy atom. The third-order valence-electron chi connectivity index (χ3n) is 6.27. The van der Waals surface area contributed by atoms with Crippen molar-refractivity contribution in [2.75, 3.05) is 20.1 Å². The second kappa shape index (κ2) is 11.1. The van der Waals surface area contributed by atoms with Gasteiger partial charge in [-0.05, 0) is 66.4 Å². The van der Waals surface area contributed by atoms with Crippen LogP contribution in [0.3, 0.4) is 0 Å². The molecule has 206 valence electrons. The third kappa shape index (κ3) is 6.78. The normalized spacial score (nSPS) is 14.1. The number of alkyl halides is 6. The number of aromatic nitrogens is 1. The lowest BCUT2D eigenvalue weighted by atomic mass is 9.97. The number of benzene rings is 2. The lowest BCUT2D eigenvalue weighted by Crippen LogP contribution is -2.29. The van der Waals surface area contributed by atoms with E-state index < -0.39 is 36.1 Å². The Bertz CT molecular complexity index is 1370. The molecule has 11 heteroatoms. The Balaban J connectivity index is 1.63. The van der Waals surface area contributed by atoms with Crippen molar-refractivity contribution < 1.29 is 35.9 Å². The second-order valence-electron chi connectivity index (χ2n) is 9.20. The van der Waals surface area contributed by atoms with Gasteiger partial charge in [0.05, 0.1) is 23.0 Å². The zero-order valence-electron chi connectivity index (χ0n) is 21.1. The van der Waals surface area contributed by atoms with E-state index in [1.54, 1.807) is 0 Å². The SMILES string of the molecule is Cc1ccccc1-c1cc(C2=CCNCC2)ncc1OC(=O)N(C)Cc1cc(C(F)(F)F)cc(C(F)(F)F)c1. The molecule has 2 aromatic carbocycles. The van der Waals surface area contributed by atoms with Crippen LogP contribution >= 0.6 is 0 Å². The monoisotopic (exact) mass is 549 g/mol. The van der Waals surface area contributed by atoms with Crippen LogP contribution in [-0.2, 0) is 18.9 Å². The molecule has 5 nitrogen and oxygen atoms in total. The number of nitrogens with one attached hydrogen (secondary N) is 1. The summed E-state index contributed by atoms with van der Waals surface area (Å²) in [5.74, 6) is 0.111. The van der Waals surface area contributed by atoms with Crippen LogP contribution in [0.5, 0.6) is 5.75 Å². The fourth-order valence-corrected chi connectivity index (χ4v) is 4.26. The van der Waals surface area contributed by atoms with Gasteiger partial charge in [0.25, 0.3) is 0 Å². The number of aryl methyl sites for hydroxylation is 1. The zero-order chi connectivity index (χ0) is 28.4. The highest BCUT2D eigenvalue weighted by Gasteiger charge is 2.37. The van der Waals surface area contributed by atoms with Gasteiger partial charge in [-0.3, -0.25) is 4.98 Å². The highest BCUT2D eigenvalue weighted by Crippen LogP contribution is 2.37. The van der Waals surface area contributed by atoms with Gasteiger partial charge in [-0.25, -0.2) is 4.79 Å². The number of nitrogens with zero attached hydrogens (tertiary/aromatic N) is 2. The van der Waals surface area contributed by atoms with E-state index in [1.165, 1.54) is 13.2 Å². The minimum Gasteiger partial charge on any atom is -0.408 e. The molecule has 1 N–H and O–H groups in total. The second-order valence-corrected chi connectivity index (χ2v) is 9.20. The standard InChI is InChI=1S/C28H25F6N3O2/c1-17-5-3-4-6-22(17)23-14-24(19-7-9-35-10-8-19)36-15-25(23)39-26(38)37(2)16-18-11-20(27(29,30)31)13-21(12-18)28(32,33)34/h3-7,11-15,35H,8-10,16H2,1-2H3. The van der Waals surface area contributed by atoms with Crippen LogP contribution in [0, 0.1) is 6.92 Å². The number of amides is 1. The maximum Gasteiger partial charge on any atom is 0.416 e. The Morgan fingerprint density at radius 3 is 2.26 bits per heavy atom. The zero-order valence-corrected chi connectivity index (χ0v) is 21.1. The fourth-order valence-electron chi connectivity index (χ4n) is 4.26. The van der Waals surface area contributed by atoms with Crippen molar-refractivity contribution in [1.82, 2.24) is 15.2 Å². The Morgan fingerprint density at radius 1 is 1.00 bits per heavy atom. The number of carbonyl (C=O) groups is 1. The minimum atomic E-state index is -4.99. The van der Waals surface area contributed by atoms with Crippen LogP contribution in [0.1, 0.15) is 34.4 Å². The summed E-state index contributed by atoms with van der Waals surface area (Å²) in [6, 6.07) is 10.5. The quantitative estimate of drug-likeness (QED) is 0.345. The van der Waals surface area contributed by atoms with Crippen LogP contribution in [-0.4, -0.2) is 36.1 Å². The Labute approximate surface area is 221 Å². The lowest BCUT2D eigenvalue weighted by Gasteiger charge is -2.21. The number of pyridine rings is 1. The Hall–Kier alpha value is -3.86. The van der Waals surface area contributed by atoms with Gasteiger partial charge < -0.3 is 15.0 Å². The molecule has 0 spiro atoms.